The maximum atomic E-state index is 13.3. The first kappa shape index (κ1) is 47.6. The molecule has 16 heteroatoms. The number of methoxy groups -OCH3 is 1. The quantitative estimate of drug-likeness (QED) is 0.156. The smallest absolute Gasteiger partial charge is 0.309 e. The highest BCUT2D eigenvalue weighted by Gasteiger charge is 2.52. The molecule has 3 N–H and O–H groups in total. The number of aldehydes is 1. The molecule has 320 valence electrons. The molecule has 0 aromatic carbocycles. The van der Waals surface area contributed by atoms with Gasteiger partial charge in [-0.25, -0.2) is 0 Å². The van der Waals surface area contributed by atoms with Crippen molar-refractivity contribution in [2.24, 2.45) is 11.8 Å². The number of cyclic esters (lactones) is 1. The molecule has 3 aliphatic rings. The second-order valence-electron chi connectivity index (χ2n) is 15.7. The molecule has 0 bridgehead atoms. The molecule has 0 spiro atoms. The maximum absolute atomic E-state index is 13.3. The van der Waals surface area contributed by atoms with Gasteiger partial charge in [0.05, 0.1) is 36.4 Å². The lowest BCUT2D eigenvalue weighted by Gasteiger charge is -2.50. The van der Waals surface area contributed by atoms with Crippen molar-refractivity contribution in [3.05, 3.63) is 24.3 Å². The Kier molecular flexibility index (Phi) is 18.5. The number of likely N-dealkylation sites (N-methyl/N-ethyl adjacent to an activating group) is 1. The third-order valence-electron chi connectivity index (χ3n) is 10.7. The Morgan fingerprint density at radius 1 is 1.02 bits per heavy atom. The molecule has 0 saturated carbocycles. The van der Waals surface area contributed by atoms with E-state index in [1.54, 1.807) is 64.9 Å². The number of aliphatic hydroxyl groups excluding tert-OH is 2. The number of nitrogens with zero attached hydrogens (tertiary/aromatic N) is 1. The summed E-state index contributed by atoms with van der Waals surface area (Å²) in [5.74, 6) is -2.88. The number of hydrogen-bond donors (Lipinski definition) is 3. The van der Waals surface area contributed by atoms with E-state index < -0.39 is 116 Å². The standard InChI is InChI=1S/C40H65NO15/c1-11-30(44)54-29-20-31(45)50-23(3)15-13-12-14-16-28(53-26(6)43)22(2)19-27(17-18-42)36(37(29)49-10)56-39-34(46)33(41(8)9)35(24(4)52-39)55-32-21-40(7,48)38(47)25(5)51-32/h12-14,16,18,22-25,27-29,32-39,46-48H,11,15,17,19-21H2,1-10H3/b13-12-,16-14+/t22-,23-,24-,25+,27+,28+,29-,32+,33-,34-,35-,36+,37-,38+,39+,40-/m1/s1. The monoisotopic (exact) mass is 799 g/mol. The van der Waals surface area contributed by atoms with Gasteiger partial charge in [-0.1, -0.05) is 32.1 Å². The molecule has 2 saturated heterocycles. The lowest BCUT2D eigenvalue weighted by Crippen LogP contribution is -2.65. The number of aliphatic hydroxyl groups is 3. The summed E-state index contributed by atoms with van der Waals surface area (Å²) in [6, 6.07) is -0.771. The zero-order valence-corrected chi connectivity index (χ0v) is 34.5. The molecule has 0 amide bonds. The van der Waals surface area contributed by atoms with Crippen LogP contribution >= 0.6 is 0 Å². The average molecular weight is 800 g/mol. The van der Waals surface area contributed by atoms with Gasteiger partial charge in [0.2, 0.25) is 0 Å². The van der Waals surface area contributed by atoms with Crippen molar-refractivity contribution < 1.29 is 72.4 Å². The minimum Gasteiger partial charge on any atom is -0.462 e. The van der Waals surface area contributed by atoms with Crippen LogP contribution in [0.3, 0.4) is 0 Å². The van der Waals surface area contributed by atoms with Crippen molar-refractivity contribution in [3.63, 3.8) is 0 Å². The molecule has 0 aromatic rings. The van der Waals surface area contributed by atoms with Gasteiger partial charge in [0.1, 0.15) is 49.0 Å². The summed E-state index contributed by atoms with van der Waals surface area (Å²) >= 11 is 0. The molecule has 2 fully saturated rings. The molecule has 3 heterocycles. The van der Waals surface area contributed by atoms with Crippen molar-refractivity contribution >= 4 is 24.2 Å². The van der Waals surface area contributed by atoms with Gasteiger partial charge in [0.15, 0.2) is 12.6 Å². The summed E-state index contributed by atoms with van der Waals surface area (Å²) in [6.45, 7) is 11.4. The van der Waals surface area contributed by atoms with Crippen LogP contribution < -0.4 is 0 Å². The van der Waals surface area contributed by atoms with E-state index >= 15 is 0 Å². The first-order valence-corrected chi connectivity index (χ1v) is 19.6. The van der Waals surface area contributed by atoms with Crippen LogP contribution in [0.2, 0.25) is 0 Å². The first-order chi connectivity index (χ1) is 26.3. The van der Waals surface area contributed by atoms with E-state index in [2.05, 4.69) is 0 Å². The molecule has 3 aliphatic heterocycles. The van der Waals surface area contributed by atoms with Gasteiger partial charge in [-0.15, -0.1) is 0 Å². The van der Waals surface area contributed by atoms with Crippen LogP contribution in [0.4, 0.5) is 0 Å². The SMILES string of the molecule is CCC(=O)O[C@@H]1CC(=O)O[C@H](C)C/C=C\C=C\[C@H](OC(C)=O)[C@H](C)C[C@H](CC=O)[C@H](O[C@@H]2O[C@H](C)[C@@H](O[C@H]3C[C@@](C)(O)[C@@H](O)[C@H](C)O3)[C@H](N(C)C)[C@H]2O)[C@@H]1OC. The molecule has 0 aliphatic carbocycles. The number of allylic oxidation sites excluding steroid dienone is 2. The van der Waals surface area contributed by atoms with Crippen molar-refractivity contribution in [2.75, 3.05) is 21.2 Å². The van der Waals surface area contributed by atoms with E-state index in [-0.39, 0.29) is 31.6 Å². The van der Waals surface area contributed by atoms with Gasteiger partial charge in [0.25, 0.3) is 0 Å². The molecule has 0 radical (unpaired) electrons. The fourth-order valence-corrected chi connectivity index (χ4v) is 7.72. The lowest BCUT2D eigenvalue weighted by atomic mass is 9.82. The second kappa shape index (κ2) is 21.8. The first-order valence-electron chi connectivity index (χ1n) is 19.6. The number of esters is 3. The van der Waals surface area contributed by atoms with Crippen LogP contribution in [-0.2, 0) is 57.1 Å². The van der Waals surface area contributed by atoms with Crippen LogP contribution in [0.5, 0.6) is 0 Å². The minimum atomic E-state index is -1.49. The topological polar surface area (TPSA) is 206 Å². The Morgan fingerprint density at radius 3 is 2.30 bits per heavy atom. The number of ether oxygens (including phenoxy) is 8. The highest BCUT2D eigenvalue weighted by Crippen LogP contribution is 2.37. The van der Waals surface area contributed by atoms with Gasteiger partial charge in [-0.2, -0.15) is 0 Å². The molecular weight excluding hydrogens is 734 g/mol. The molecule has 56 heavy (non-hydrogen) atoms. The van der Waals surface area contributed by atoms with E-state index in [0.29, 0.717) is 12.7 Å². The fraction of sp³-hybridized carbons (Fsp3) is 0.800. The normalized spacial score (nSPS) is 41.6. The summed E-state index contributed by atoms with van der Waals surface area (Å²) in [4.78, 5) is 52.5. The predicted molar refractivity (Wildman–Crippen MR) is 201 cm³/mol. The van der Waals surface area contributed by atoms with Crippen LogP contribution in [0.25, 0.3) is 0 Å². The number of hydrogen-bond acceptors (Lipinski definition) is 16. The summed E-state index contributed by atoms with van der Waals surface area (Å²) < 4.78 is 48.5. The Labute approximate surface area is 330 Å². The van der Waals surface area contributed by atoms with E-state index in [1.807, 2.05) is 13.0 Å². The molecule has 0 aromatic heterocycles. The van der Waals surface area contributed by atoms with E-state index in [0.717, 1.165) is 0 Å². The third-order valence-corrected chi connectivity index (χ3v) is 10.7. The van der Waals surface area contributed by atoms with Crippen LogP contribution in [0.1, 0.15) is 87.0 Å². The molecule has 0 unspecified atom stereocenters. The zero-order valence-electron chi connectivity index (χ0n) is 34.5. The van der Waals surface area contributed by atoms with Crippen LogP contribution in [-0.4, -0.2) is 151 Å². The van der Waals surface area contributed by atoms with Crippen molar-refractivity contribution in [2.45, 2.75) is 172 Å². The van der Waals surface area contributed by atoms with Crippen molar-refractivity contribution in [1.29, 1.82) is 0 Å². The Morgan fingerprint density at radius 2 is 1.71 bits per heavy atom. The van der Waals surface area contributed by atoms with Gasteiger partial charge in [-0.05, 0) is 66.1 Å². The van der Waals surface area contributed by atoms with Crippen molar-refractivity contribution in [1.82, 2.24) is 4.90 Å². The summed E-state index contributed by atoms with van der Waals surface area (Å²) in [6.07, 6.45) is -4.18. The van der Waals surface area contributed by atoms with Crippen LogP contribution in [0.15, 0.2) is 24.3 Å². The Hall–Kier alpha value is -2.80. The maximum Gasteiger partial charge on any atom is 0.309 e. The molecular formula is C40H65NO15. The minimum absolute atomic E-state index is 0.00828. The van der Waals surface area contributed by atoms with Gasteiger partial charge >= 0.3 is 17.9 Å². The highest BCUT2D eigenvalue weighted by atomic mass is 16.7. The highest BCUT2D eigenvalue weighted by molar-refractivity contribution is 5.72. The Balaban J connectivity index is 2.09. The number of rotatable bonds is 11. The van der Waals surface area contributed by atoms with E-state index in [4.69, 9.17) is 37.9 Å². The van der Waals surface area contributed by atoms with Gasteiger partial charge in [-0.3, -0.25) is 14.4 Å². The molecule has 16 nitrogen and oxygen atoms in total. The lowest BCUT2D eigenvalue weighted by molar-refractivity contribution is -0.344. The Bertz CT molecular complexity index is 1340. The predicted octanol–water partition coefficient (Wildman–Crippen LogP) is 2.38. The number of carbonyl (C=O) groups is 4. The van der Waals surface area contributed by atoms with Crippen molar-refractivity contribution in [3.8, 4) is 0 Å². The third kappa shape index (κ3) is 13.1. The fourth-order valence-electron chi connectivity index (χ4n) is 7.72. The number of carbonyl (C=O) groups excluding carboxylic acids is 4. The van der Waals surface area contributed by atoms with E-state index in [1.165, 1.54) is 21.0 Å². The summed E-state index contributed by atoms with van der Waals surface area (Å²) in [5.41, 5.74) is -1.49. The average Bonchev–Trinajstić information content (AvgIpc) is 3.10. The largest absolute Gasteiger partial charge is 0.462 e. The second-order valence-corrected chi connectivity index (χ2v) is 15.7. The molecule has 3 rings (SSSR count). The summed E-state index contributed by atoms with van der Waals surface area (Å²) in [5, 5.41) is 33.3. The van der Waals surface area contributed by atoms with Gasteiger partial charge in [0, 0.05) is 39.7 Å². The summed E-state index contributed by atoms with van der Waals surface area (Å²) in [7, 11) is 4.85. The van der Waals surface area contributed by atoms with E-state index in [9.17, 15) is 34.5 Å². The zero-order chi connectivity index (χ0) is 41.9. The van der Waals surface area contributed by atoms with Crippen LogP contribution in [0, 0.1) is 11.8 Å². The van der Waals surface area contributed by atoms with Gasteiger partial charge < -0.3 is 62.9 Å². The molecule has 16 atom stereocenters.